The second kappa shape index (κ2) is 10.9. The SMILES string of the molecule is Cc1cc(CSc2ccc(F)cc2)c(C)c(C2C(C#N)=C(N)N(c3cc(Cl)ccc3C)C3=C2C(=O)CCC3)c1. The molecule has 1 atom stereocenters. The molecular weight excluding hydrogens is 529 g/mol. The molecule has 0 radical (unpaired) electrons. The van der Waals surface area contributed by atoms with E-state index in [9.17, 15) is 14.4 Å². The zero-order valence-electron chi connectivity index (χ0n) is 22.1. The minimum absolute atomic E-state index is 0.0503. The first-order chi connectivity index (χ1) is 18.7. The van der Waals surface area contributed by atoms with Crippen molar-refractivity contribution in [2.45, 2.75) is 56.6 Å². The lowest BCUT2D eigenvalue weighted by molar-refractivity contribution is -0.116. The highest BCUT2D eigenvalue weighted by atomic mass is 35.5. The number of hydrogen-bond acceptors (Lipinski definition) is 5. The van der Waals surface area contributed by atoms with E-state index in [1.807, 2.05) is 43.9 Å². The van der Waals surface area contributed by atoms with Gasteiger partial charge in [-0.15, -0.1) is 11.8 Å². The standard InChI is InChI=1S/C32H29ClFN3OS/c1-18-13-21(17-39-24-11-9-23(34)10-12-24)20(3)25(14-18)30-26(16-35)32(36)37(27-5-4-6-29(38)31(27)30)28-15-22(33)8-7-19(28)2/h7-15,30H,4-6,17,36H2,1-3H3. The average Bonchev–Trinajstić information content (AvgIpc) is 2.91. The van der Waals surface area contributed by atoms with Gasteiger partial charge in [0.1, 0.15) is 11.6 Å². The number of ketones is 1. The van der Waals surface area contributed by atoms with Gasteiger partial charge < -0.3 is 5.73 Å². The Balaban J connectivity index is 1.65. The van der Waals surface area contributed by atoms with E-state index in [1.54, 1.807) is 23.9 Å². The van der Waals surface area contributed by atoms with Gasteiger partial charge in [0.25, 0.3) is 0 Å². The third kappa shape index (κ3) is 5.09. The first-order valence-corrected chi connectivity index (χ1v) is 14.3. The predicted molar refractivity (Wildman–Crippen MR) is 156 cm³/mol. The summed E-state index contributed by atoms with van der Waals surface area (Å²) in [5.41, 5.74) is 14.5. The van der Waals surface area contributed by atoms with E-state index in [1.165, 1.54) is 12.1 Å². The number of allylic oxidation sites excluding steroid dienone is 3. The van der Waals surface area contributed by atoms with E-state index < -0.39 is 5.92 Å². The largest absolute Gasteiger partial charge is 0.384 e. The lowest BCUT2D eigenvalue weighted by Gasteiger charge is -2.40. The average molecular weight is 558 g/mol. The summed E-state index contributed by atoms with van der Waals surface area (Å²) in [6.45, 7) is 6.04. The Morgan fingerprint density at radius 1 is 1.10 bits per heavy atom. The van der Waals surface area contributed by atoms with Crippen LogP contribution in [0.3, 0.4) is 0 Å². The number of anilines is 1. The number of aryl methyl sites for hydroxylation is 2. The van der Waals surface area contributed by atoms with Crippen molar-refractivity contribution in [1.82, 2.24) is 0 Å². The first kappa shape index (κ1) is 27.1. The molecule has 39 heavy (non-hydrogen) atoms. The lowest BCUT2D eigenvalue weighted by Crippen LogP contribution is -2.39. The summed E-state index contributed by atoms with van der Waals surface area (Å²) in [7, 11) is 0. The highest BCUT2D eigenvalue weighted by Crippen LogP contribution is 2.48. The number of nitriles is 1. The van der Waals surface area contributed by atoms with Crippen LogP contribution < -0.4 is 10.6 Å². The fourth-order valence-corrected chi connectivity index (χ4v) is 6.72. The van der Waals surface area contributed by atoms with Crippen LogP contribution in [0.4, 0.5) is 10.1 Å². The van der Waals surface area contributed by atoms with Gasteiger partial charge in [-0.05, 0) is 92.3 Å². The maximum absolute atomic E-state index is 13.6. The van der Waals surface area contributed by atoms with Gasteiger partial charge in [-0.1, -0.05) is 35.4 Å². The van der Waals surface area contributed by atoms with Crippen molar-refractivity contribution in [1.29, 1.82) is 5.26 Å². The molecule has 5 rings (SSSR count). The molecule has 1 aliphatic heterocycles. The topological polar surface area (TPSA) is 70.1 Å². The lowest BCUT2D eigenvalue weighted by atomic mass is 9.73. The summed E-state index contributed by atoms with van der Waals surface area (Å²) in [6.07, 6.45) is 1.84. The van der Waals surface area contributed by atoms with Gasteiger partial charge in [0, 0.05) is 33.4 Å². The molecule has 0 fully saturated rings. The summed E-state index contributed by atoms with van der Waals surface area (Å²) < 4.78 is 13.4. The van der Waals surface area contributed by atoms with Crippen molar-refractivity contribution in [3.8, 4) is 6.07 Å². The molecular formula is C32H29ClFN3OS. The maximum Gasteiger partial charge on any atom is 0.161 e. The molecule has 2 aliphatic rings. The summed E-state index contributed by atoms with van der Waals surface area (Å²) in [5, 5.41) is 11.0. The summed E-state index contributed by atoms with van der Waals surface area (Å²) >= 11 is 7.99. The molecule has 2 N–H and O–H groups in total. The third-order valence-corrected chi connectivity index (χ3v) is 8.84. The minimum Gasteiger partial charge on any atom is -0.384 e. The summed E-state index contributed by atoms with van der Waals surface area (Å²) in [5.74, 6) is 0.261. The molecule has 1 aliphatic carbocycles. The van der Waals surface area contributed by atoms with Crippen LogP contribution in [0.5, 0.6) is 0 Å². The Morgan fingerprint density at radius 2 is 1.85 bits per heavy atom. The number of carbonyl (C=O) groups excluding carboxylic acids is 1. The van der Waals surface area contributed by atoms with Crippen LogP contribution in [-0.4, -0.2) is 5.78 Å². The Kier molecular flexibility index (Phi) is 7.57. The highest BCUT2D eigenvalue weighted by molar-refractivity contribution is 7.98. The van der Waals surface area contributed by atoms with E-state index in [-0.39, 0.29) is 11.6 Å². The second-order valence-corrected chi connectivity index (χ2v) is 11.6. The normalized spacial score (nSPS) is 17.4. The smallest absolute Gasteiger partial charge is 0.161 e. The Morgan fingerprint density at radius 3 is 2.56 bits per heavy atom. The predicted octanol–water partition coefficient (Wildman–Crippen LogP) is 8.00. The molecule has 0 amide bonds. The molecule has 0 spiro atoms. The van der Waals surface area contributed by atoms with Crippen molar-refractivity contribution in [2.75, 3.05) is 4.90 Å². The first-order valence-electron chi connectivity index (χ1n) is 12.9. The van der Waals surface area contributed by atoms with Crippen molar-refractivity contribution in [2.24, 2.45) is 5.73 Å². The van der Waals surface area contributed by atoms with Crippen LogP contribution in [-0.2, 0) is 10.5 Å². The number of Topliss-reactive ketones (excluding diaryl/α,β-unsaturated/α-hetero) is 1. The van der Waals surface area contributed by atoms with Gasteiger partial charge in [0.05, 0.1) is 23.2 Å². The third-order valence-electron chi connectivity index (χ3n) is 7.54. The fraction of sp³-hybridized carbons (Fsp3) is 0.250. The minimum atomic E-state index is -0.539. The molecule has 4 nitrogen and oxygen atoms in total. The molecule has 1 unspecified atom stereocenters. The van der Waals surface area contributed by atoms with Gasteiger partial charge in [-0.3, -0.25) is 9.69 Å². The van der Waals surface area contributed by atoms with Gasteiger partial charge >= 0.3 is 0 Å². The van der Waals surface area contributed by atoms with Crippen LogP contribution in [0.2, 0.25) is 5.02 Å². The van der Waals surface area contributed by atoms with E-state index in [4.69, 9.17) is 17.3 Å². The summed E-state index contributed by atoms with van der Waals surface area (Å²) in [4.78, 5) is 16.5. The maximum atomic E-state index is 13.6. The number of benzene rings is 3. The Hall–Kier alpha value is -3.53. The molecule has 3 aromatic rings. The molecule has 0 saturated heterocycles. The number of halogens is 2. The van der Waals surface area contributed by atoms with Crippen LogP contribution in [0, 0.1) is 37.9 Å². The zero-order valence-corrected chi connectivity index (χ0v) is 23.7. The fourth-order valence-electron chi connectivity index (χ4n) is 5.60. The number of nitrogens with zero attached hydrogens (tertiary/aromatic N) is 2. The van der Waals surface area contributed by atoms with E-state index >= 15 is 0 Å². The number of hydrogen-bond donors (Lipinski definition) is 1. The van der Waals surface area contributed by atoms with Crippen molar-refractivity contribution in [3.05, 3.63) is 116 Å². The van der Waals surface area contributed by atoms with Gasteiger partial charge in [-0.2, -0.15) is 5.26 Å². The molecule has 1 heterocycles. The molecule has 3 aromatic carbocycles. The van der Waals surface area contributed by atoms with Gasteiger partial charge in [-0.25, -0.2) is 4.39 Å². The molecule has 198 valence electrons. The second-order valence-electron chi connectivity index (χ2n) is 10.1. The van der Waals surface area contributed by atoms with Crippen LogP contribution in [0.15, 0.2) is 82.2 Å². The number of rotatable bonds is 5. The van der Waals surface area contributed by atoms with Crippen molar-refractivity contribution < 1.29 is 9.18 Å². The van der Waals surface area contributed by atoms with E-state index in [2.05, 4.69) is 18.2 Å². The van der Waals surface area contributed by atoms with Crippen molar-refractivity contribution in [3.63, 3.8) is 0 Å². The molecule has 0 saturated carbocycles. The number of thioether (sulfide) groups is 1. The highest BCUT2D eigenvalue weighted by Gasteiger charge is 2.41. The number of nitrogens with two attached hydrogens (primary N) is 1. The number of carbonyl (C=O) groups is 1. The van der Waals surface area contributed by atoms with Crippen LogP contribution >= 0.6 is 23.4 Å². The van der Waals surface area contributed by atoms with Gasteiger partial charge in [0.15, 0.2) is 5.78 Å². The monoisotopic (exact) mass is 557 g/mol. The molecule has 7 heteroatoms. The summed E-state index contributed by atoms with van der Waals surface area (Å²) in [6, 6.07) is 18.6. The molecule has 0 aromatic heterocycles. The van der Waals surface area contributed by atoms with E-state index in [0.29, 0.717) is 40.6 Å². The van der Waals surface area contributed by atoms with Gasteiger partial charge in [0.2, 0.25) is 0 Å². The Bertz CT molecular complexity index is 1590. The van der Waals surface area contributed by atoms with Crippen LogP contribution in [0.25, 0.3) is 0 Å². The quantitative estimate of drug-likeness (QED) is 0.322. The van der Waals surface area contributed by atoms with Crippen LogP contribution in [0.1, 0.15) is 53.0 Å². The zero-order chi connectivity index (χ0) is 27.8. The van der Waals surface area contributed by atoms with Crippen molar-refractivity contribution >= 4 is 34.8 Å². The Labute approximate surface area is 238 Å². The van der Waals surface area contributed by atoms with E-state index in [0.717, 1.165) is 50.5 Å². The molecule has 0 bridgehead atoms.